The van der Waals surface area contributed by atoms with E-state index in [4.69, 9.17) is 14.5 Å². The van der Waals surface area contributed by atoms with Gasteiger partial charge in [0.25, 0.3) is 5.56 Å². The zero-order chi connectivity index (χ0) is 28.3. The van der Waals surface area contributed by atoms with E-state index in [-0.39, 0.29) is 36.3 Å². The van der Waals surface area contributed by atoms with Crippen LogP contribution < -0.4 is 5.56 Å². The average Bonchev–Trinajstić information content (AvgIpc) is 3.30. The second kappa shape index (κ2) is 8.80. The van der Waals surface area contributed by atoms with Crippen LogP contribution in [0.25, 0.3) is 22.3 Å². The normalized spacial score (nSPS) is 17.0. The van der Waals surface area contributed by atoms with Gasteiger partial charge in [0.2, 0.25) is 5.60 Å². The summed E-state index contributed by atoms with van der Waals surface area (Å²) in [6, 6.07) is 13.5. The highest BCUT2D eigenvalue weighted by Crippen LogP contribution is 2.41. The second-order valence-corrected chi connectivity index (χ2v) is 9.37. The van der Waals surface area contributed by atoms with Gasteiger partial charge in [0.05, 0.1) is 44.4 Å². The van der Waals surface area contributed by atoms with Crippen LogP contribution in [0.3, 0.4) is 0 Å². The van der Waals surface area contributed by atoms with Crippen molar-refractivity contribution in [2.45, 2.75) is 32.1 Å². The lowest BCUT2D eigenvalue weighted by Crippen LogP contribution is -2.47. The van der Waals surface area contributed by atoms with Crippen LogP contribution in [-0.4, -0.2) is 31.3 Å². The lowest BCUT2D eigenvalue weighted by Gasteiger charge is -2.35. The van der Waals surface area contributed by atoms with Crippen molar-refractivity contribution >= 4 is 34.2 Å². The molecule has 4 heterocycles. The molecule has 0 N–H and O–H groups in total. The number of carbonyl (C=O) groups is 2. The molecule has 2 aromatic heterocycles. The highest BCUT2D eigenvalue weighted by molar-refractivity contribution is 5.95. The van der Waals surface area contributed by atoms with Gasteiger partial charge < -0.3 is 14.0 Å². The van der Waals surface area contributed by atoms with E-state index in [9.17, 15) is 34.6 Å². The van der Waals surface area contributed by atoms with E-state index in [1.807, 2.05) is 30.3 Å². The number of hydrogen-bond acceptors (Lipinski definition) is 10. The minimum Gasteiger partial charge on any atom is -0.457 e. The van der Waals surface area contributed by atoms with Crippen molar-refractivity contribution in [3.05, 3.63) is 107 Å². The molecule has 1 unspecified atom stereocenters. The minimum absolute atomic E-state index is 0.124. The van der Waals surface area contributed by atoms with Gasteiger partial charge in [0.1, 0.15) is 6.61 Å². The van der Waals surface area contributed by atoms with E-state index < -0.39 is 44.3 Å². The number of cyclic esters (lactones) is 1. The molecule has 2 aliphatic rings. The van der Waals surface area contributed by atoms with Crippen LogP contribution in [0.1, 0.15) is 40.4 Å². The first kappa shape index (κ1) is 24.9. The van der Waals surface area contributed by atoms with Gasteiger partial charge >= 0.3 is 23.3 Å². The molecule has 0 spiro atoms. The predicted molar refractivity (Wildman–Crippen MR) is 137 cm³/mol. The van der Waals surface area contributed by atoms with Crippen molar-refractivity contribution in [3.8, 4) is 11.4 Å². The summed E-state index contributed by atoms with van der Waals surface area (Å²) in [7, 11) is 0. The molecule has 200 valence electrons. The summed E-state index contributed by atoms with van der Waals surface area (Å²) in [5.41, 5.74) is -1.80. The maximum absolute atomic E-state index is 13.6. The Morgan fingerprint density at radius 1 is 1.07 bits per heavy atom. The molecule has 0 fully saturated rings. The molecule has 4 aromatic rings. The van der Waals surface area contributed by atoms with Gasteiger partial charge in [-0.25, -0.2) is 14.6 Å². The quantitative estimate of drug-likeness (QED) is 0.181. The summed E-state index contributed by atoms with van der Waals surface area (Å²) < 4.78 is 12.5. The molecule has 2 aliphatic heterocycles. The van der Waals surface area contributed by atoms with E-state index in [1.165, 1.54) is 4.57 Å². The molecular formula is C27H18N4O9. The first-order chi connectivity index (χ1) is 19.1. The third-order valence-corrected chi connectivity index (χ3v) is 7.26. The SMILES string of the molecule is CCC1(OC(=O)c2ccc([N+](=O)[O-])c([N+](=O)[O-])c2)C(=O)OCc2c1cc1n(c2=O)Cc2cc3ccccc3nc2-1. The van der Waals surface area contributed by atoms with Gasteiger partial charge in [-0.1, -0.05) is 25.1 Å². The molecule has 1 atom stereocenters. The summed E-state index contributed by atoms with van der Waals surface area (Å²) in [6.45, 7) is 1.49. The Bertz CT molecular complexity index is 1880. The number of pyridine rings is 2. The highest BCUT2D eigenvalue weighted by atomic mass is 16.6. The van der Waals surface area contributed by atoms with E-state index in [2.05, 4.69) is 0 Å². The van der Waals surface area contributed by atoms with E-state index in [0.29, 0.717) is 23.0 Å². The van der Waals surface area contributed by atoms with Crippen molar-refractivity contribution in [3.63, 3.8) is 0 Å². The number of hydrogen-bond donors (Lipinski definition) is 0. The molecule has 13 nitrogen and oxygen atoms in total. The number of nitro benzene ring substituents is 2. The van der Waals surface area contributed by atoms with Crippen molar-refractivity contribution in [2.75, 3.05) is 0 Å². The first-order valence-corrected chi connectivity index (χ1v) is 12.1. The fourth-order valence-electron chi connectivity index (χ4n) is 5.25. The number of para-hydroxylation sites is 1. The Labute approximate surface area is 223 Å². The van der Waals surface area contributed by atoms with Gasteiger partial charge in [-0.2, -0.15) is 0 Å². The van der Waals surface area contributed by atoms with Crippen LogP contribution in [0.4, 0.5) is 11.4 Å². The van der Waals surface area contributed by atoms with Crippen molar-refractivity contribution < 1.29 is 28.9 Å². The third kappa shape index (κ3) is 3.55. The molecule has 0 amide bonds. The number of fused-ring (bicyclic) bond motifs is 5. The number of rotatable bonds is 5. The fourth-order valence-corrected chi connectivity index (χ4v) is 5.25. The van der Waals surface area contributed by atoms with Crippen molar-refractivity contribution in [2.24, 2.45) is 0 Å². The van der Waals surface area contributed by atoms with Crippen LogP contribution in [0, 0.1) is 20.2 Å². The topological polar surface area (TPSA) is 174 Å². The molecule has 13 heteroatoms. The monoisotopic (exact) mass is 542 g/mol. The van der Waals surface area contributed by atoms with Gasteiger partial charge in [0.15, 0.2) is 0 Å². The maximum atomic E-state index is 13.6. The largest absolute Gasteiger partial charge is 0.457 e. The van der Waals surface area contributed by atoms with Crippen LogP contribution in [0.15, 0.2) is 59.4 Å². The number of ether oxygens (including phenoxy) is 2. The minimum atomic E-state index is -2.05. The molecular weight excluding hydrogens is 524 g/mol. The van der Waals surface area contributed by atoms with E-state index >= 15 is 0 Å². The summed E-state index contributed by atoms with van der Waals surface area (Å²) in [6.07, 6.45) is -0.124. The lowest BCUT2D eigenvalue weighted by molar-refractivity contribution is -0.422. The van der Waals surface area contributed by atoms with Crippen LogP contribution >= 0.6 is 0 Å². The number of esters is 2. The lowest BCUT2D eigenvalue weighted by atomic mass is 9.85. The predicted octanol–water partition coefficient (Wildman–Crippen LogP) is 3.76. The van der Waals surface area contributed by atoms with Crippen molar-refractivity contribution in [1.29, 1.82) is 0 Å². The Hall–Kier alpha value is -5.46. The summed E-state index contributed by atoms with van der Waals surface area (Å²) in [5, 5.41) is 23.5. The van der Waals surface area contributed by atoms with Gasteiger partial charge in [-0.3, -0.25) is 25.0 Å². The molecule has 0 saturated carbocycles. The molecule has 0 saturated heterocycles. The molecule has 40 heavy (non-hydrogen) atoms. The third-order valence-electron chi connectivity index (χ3n) is 7.26. The Morgan fingerprint density at radius 3 is 2.55 bits per heavy atom. The van der Waals surface area contributed by atoms with E-state index in [0.717, 1.165) is 23.1 Å². The number of carbonyl (C=O) groups excluding carboxylic acids is 2. The Kier molecular flexibility index (Phi) is 5.47. The molecule has 0 aliphatic carbocycles. The van der Waals surface area contributed by atoms with Crippen LogP contribution in [0.5, 0.6) is 0 Å². The molecule has 6 rings (SSSR count). The first-order valence-electron chi connectivity index (χ1n) is 12.1. The molecule has 2 aromatic carbocycles. The van der Waals surface area contributed by atoms with Gasteiger partial charge in [-0.15, -0.1) is 0 Å². The van der Waals surface area contributed by atoms with E-state index in [1.54, 1.807) is 13.0 Å². The number of nitrogens with zero attached hydrogens (tertiary/aromatic N) is 4. The highest BCUT2D eigenvalue weighted by Gasteiger charge is 2.50. The second-order valence-electron chi connectivity index (χ2n) is 9.37. The fraction of sp³-hybridized carbons (Fsp3) is 0.185. The summed E-state index contributed by atoms with van der Waals surface area (Å²) in [5.74, 6) is -2.07. The van der Waals surface area contributed by atoms with Crippen LogP contribution in [0.2, 0.25) is 0 Å². The maximum Gasteiger partial charge on any atom is 0.355 e. The molecule has 0 radical (unpaired) electrons. The Balaban J connectivity index is 1.48. The zero-order valence-electron chi connectivity index (χ0n) is 20.8. The smallest absolute Gasteiger partial charge is 0.355 e. The number of nitro groups is 2. The summed E-state index contributed by atoms with van der Waals surface area (Å²) in [4.78, 5) is 65.4. The number of aromatic nitrogens is 2. The van der Waals surface area contributed by atoms with Crippen molar-refractivity contribution in [1.82, 2.24) is 9.55 Å². The molecule has 0 bridgehead atoms. The summed E-state index contributed by atoms with van der Waals surface area (Å²) >= 11 is 0. The Morgan fingerprint density at radius 2 is 1.82 bits per heavy atom. The van der Waals surface area contributed by atoms with Gasteiger partial charge in [-0.05, 0) is 30.7 Å². The zero-order valence-corrected chi connectivity index (χ0v) is 20.8. The standard InChI is InChI=1S/C27H18N4O9/c1-2-27(40-25(33)15-7-8-20(30(35)36)21(10-15)31(37)38)18-11-22-23-16(9-14-5-3-4-6-19(14)28-23)12-29(22)24(32)17(18)13-39-26(27)34/h3-11H,2,12-13H2,1H3. The van der Waals surface area contributed by atoms with Crippen LogP contribution in [-0.2, 0) is 33.0 Å². The number of benzene rings is 2. The average molecular weight is 542 g/mol. The van der Waals surface area contributed by atoms with Gasteiger partial charge in [0, 0.05) is 28.6 Å².